The number of rotatable bonds is 3. The lowest BCUT2D eigenvalue weighted by molar-refractivity contribution is -0.130. The van der Waals surface area contributed by atoms with Gasteiger partial charge in [0.1, 0.15) is 5.54 Å². The number of fused-ring (bicyclic) bond motifs is 1. The molecule has 1 aromatic rings. The van der Waals surface area contributed by atoms with Crippen LogP contribution in [0.2, 0.25) is 0 Å². The number of amides is 5. The Morgan fingerprint density at radius 2 is 1.62 bits per heavy atom. The van der Waals surface area contributed by atoms with Crippen molar-refractivity contribution in [3.8, 4) is 0 Å². The lowest BCUT2D eigenvalue weighted by Gasteiger charge is -2.21. The lowest BCUT2D eigenvalue weighted by Crippen LogP contribution is -2.47. The van der Waals surface area contributed by atoms with Crippen LogP contribution in [0.4, 0.5) is 4.79 Å². The van der Waals surface area contributed by atoms with Gasteiger partial charge in [-0.2, -0.15) is 11.8 Å². The maximum absolute atomic E-state index is 12.6. The van der Waals surface area contributed by atoms with Crippen molar-refractivity contribution < 1.29 is 19.2 Å². The molecule has 4 rings (SSSR count). The Labute approximate surface area is 142 Å². The van der Waals surface area contributed by atoms with Crippen molar-refractivity contribution in [3.05, 3.63) is 35.4 Å². The minimum atomic E-state index is -0.802. The first kappa shape index (κ1) is 15.2. The molecule has 0 aromatic heterocycles. The number of hydrogen-bond donors (Lipinski definition) is 1. The Balaban J connectivity index is 1.48. The molecular weight excluding hydrogens is 330 g/mol. The Hall–Kier alpha value is -2.35. The minimum absolute atomic E-state index is 0.00866. The van der Waals surface area contributed by atoms with E-state index < -0.39 is 11.6 Å². The fourth-order valence-electron chi connectivity index (χ4n) is 3.35. The van der Waals surface area contributed by atoms with E-state index in [1.165, 1.54) is 0 Å². The predicted octanol–water partition coefficient (Wildman–Crippen LogP) is 0.710. The Bertz CT molecular complexity index is 737. The Morgan fingerprint density at radius 1 is 1.00 bits per heavy atom. The monoisotopic (exact) mass is 345 g/mol. The van der Waals surface area contributed by atoms with Crippen LogP contribution in [0.15, 0.2) is 24.3 Å². The maximum atomic E-state index is 12.6. The lowest BCUT2D eigenvalue weighted by atomic mass is 9.99. The van der Waals surface area contributed by atoms with E-state index in [0.717, 1.165) is 15.6 Å². The zero-order valence-electron chi connectivity index (χ0n) is 12.8. The van der Waals surface area contributed by atoms with Crippen molar-refractivity contribution in [2.24, 2.45) is 0 Å². The van der Waals surface area contributed by atoms with Crippen LogP contribution in [0, 0.1) is 0 Å². The largest absolute Gasteiger partial charge is 0.325 e. The third kappa shape index (κ3) is 2.06. The third-order valence-electron chi connectivity index (χ3n) is 4.69. The van der Waals surface area contributed by atoms with Crippen LogP contribution in [0.1, 0.15) is 27.1 Å². The number of carbonyl (C=O) groups is 4. The van der Waals surface area contributed by atoms with Gasteiger partial charge in [-0.15, -0.1) is 0 Å². The summed E-state index contributed by atoms with van der Waals surface area (Å²) in [6.45, 7) is 0.0251. The van der Waals surface area contributed by atoms with Gasteiger partial charge in [0, 0.05) is 18.8 Å². The smallest absolute Gasteiger partial charge is 0.322 e. The van der Waals surface area contributed by atoms with Crippen LogP contribution in [0.5, 0.6) is 0 Å². The van der Waals surface area contributed by atoms with E-state index in [9.17, 15) is 19.2 Å². The van der Waals surface area contributed by atoms with E-state index in [0.29, 0.717) is 23.3 Å². The Morgan fingerprint density at radius 3 is 2.21 bits per heavy atom. The standard InChI is InChI=1S/C16H15N3O4S/c20-12-10-3-1-2-4-11(10)13(21)18(12)6-7-19-14(22)16(17-15(19)23)5-8-24-9-16/h1-4H,5-9H2,(H,17,23)/t16-/m1/s1. The number of imide groups is 2. The van der Waals surface area contributed by atoms with E-state index in [4.69, 9.17) is 0 Å². The molecule has 7 nitrogen and oxygen atoms in total. The van der Waals surface area contributed by atoms with E-state index >= 15 is 0 Å². The normalized spacial score (nSPS) is 25.8. The zero-order valence-corrected chi connectivity index (χ0v) is 13.6. The van der Waals surface area contributed by atoms with Gasteiger partial charge in [0.15, 0.2) is 0 Å². The summed E-state index contributed by atoms with van der Waals surface area (Å²) in [7, 11) is 0. The highest BCUT2D eigenvalue weighted by molar-refractivity contribution is 7.99. The summed E-state index contributed by atoms with van der Waals surface area (Å²) in [5.74, 6) is 0.385. The van der Waals surface area contributed by atoms with Gasteiger partial charge in [-0.3, -0.25) is 24.2 Å². The second-order valence-corrected chi connectivity index (χ2v) is 7.18. The third-order valence-corrected chi connectivity index (χ3v) is 5.88. The number of nitrogens with one attached hydrogen (secondary N) is 1. The van der Waals surface area contributed by atoms with E-state index in [2.05, 4.69) is 5.32 Å². The van der Waals surface area contributed by atoms with Crippen LogP contribution < -0.4 is 5.32 Å². The first-order valence-corrected chi connectivity index (χ1v) is 8.86. The minimum Gasteiger partial charge on any atom is -0.322 e. The van der Waals surface area contributed by atoms with Gasteiger partial charge >= 0.3 is 6.03 Å². The summed E-state index contributed by atoms with van der Waals surface area (Å²) in [5, 5.41) is 2.77. The van der Waals surface area contributed by atoms with Crippen molar-refractivity contribution >= 4 is 35.5 Å². The van der Waals surface area contributed by atoms with Crippen molar-refractivity contribution in [2.45, 2.75) is 12.0 Å². The van der Waals surface area contributed by atoms with Crippen LogP contribution >= 0.6 is 11.8 Å². The number of benzene rings is 1. The molecule has 3 heterocycles. The number of carbonyl (C=O) groups excluding carboxylic acids is 4. The Kier molecular flexibility index (Phi) is 3.38. The average molecular weight is 345 g/mol. The predicted molar refractivity (Wildman–Crippen MR) is 86.7 cm³/mol. The molecule has 1 N–H and O–H groups in total. The highest BCUT2D eigenvalue weighted by Gasteiger charge is 2.53. The maximum Gasteiger partial charge on any atom is 0.325 e. The SMILES string of the molecule is O=C1N[C@@]2(CCSC2)C(=O)N1CCN1C(=O)c2ccccc2C1=O. The highest BCUT2D eigenvalue weighted by Crippen LogP contribution is 2.33. The van der Waals surface area contributed by atoms with Crippen LogP contribution in [-0.2, 0) is 4.79 Å². The molecule has 0 bridgehead atoms. The van der Waals surface area contributed by atoms with Crippen molar-refractivity contribution in [3.63, 3.8) is 0 Å². The molecule has 1 atom stereocenters. The van der Waals surface area contributed by atoms with E-state index in [1.807, 2.05) is 0 Å². The van der Waals surface area contributed by atoms with Gasteiger partial charge in [0.05, 0.1) is 11.1 Å². The molecule has 0 unspecified atom stereocenters. The number of nitrogens with zero attached hydrogens (tertiary/aromatic N) is 2. The van der Waals surface area contributed by atoms with Crippen LogP contribution in [0.3, 0.4) is 0 Å². The quantitative estimate of drug-likeness (QED) is 0.644. The van der Waals surface area contributed by atoms with Gasteiger partial charge in [0.2, 0.25) is 0 Å². The highest BCUT2D eigenvalue weighted by atomic mass is 32.2. The molecule has 0 aliphatic carbocycles. The first-order chi connectivity index (χ1) is 11.5. The molecule has 5 amide bonds. The molecule has 8 heteroatoms. The summed E-state index contributed by atoms with van der Waals surface area (Å²) in [6.07, 6.45) is 0.617. The zero-order chi connectivity index (χ0) is 16.9. The molecule has 3 aliphatic rings. The molecule has 24 heavy (non-hydrogen) atoms. The summed E-state index contributed by atoms with van der Waals surface area (Å²) in [4.78, 5) is 51.6. The molecule has 1 aromatic carbocycles. The molecule has 0 radical (unpaired) electrons. The molecular formula is C16H15N3O4S. The summed E-state index contributed by atoms with van der Waals surface area (Å²) < 4.78 is 0. The van der Waals surface area contributed by atoms with Crippen molar-refractivity contribution in [1.29, 1.82) is 0 Å². The van der Waals surface area contributed by atoms with Gasteiger partial charge in [-0.05, 0) is 24.3 Å². The number of thioether (sulfide) groups is 1. The van der Waals surface area contributed by atoms with E-state index in [-0.39, 0.29) is 30.8 Å². The summed E-state index contributed by atoms with van der Waals surface area (Å²) in [5.41, 5.74) is -0.0734. The topological polar surface area (TPSA) is 86.8 Å². The number of urea groups is 1. The number of hydrogen-bond acceptors (Lipinski definition) is 5. The average Bonchev–Trinajstić information content (AvgIpc) is 3.21. The molecule has 3 aliphatic heterocycles. The fourth-order valence-corrected chi connectivity index (χ4v) is 4.68. The molecule has 124 valence electrons. The van der Waals surface area contributed by atoms with Gasteiger partial charge in [0.25, 0.3) is 17.7 Å². The molecule has 0 saturated carbocycles. The summed E-state index contributed by atoms with van der Waals surface area (Å²) >= 11 is 1.63. The van der Waals surface area contributed by atoms with Gasteiger partial charge < -0.3 is 5.32 Å². The second-order valence-electron chi connectivity index (χ2n) is 6.08. The van der Waals surface area contributed by atoms with Crippen LogP contribution in [-0.4, -0.2) is 63.7 Å². The molecule has 2 fully saturated rings. The van der Waals surface area contributed by atoms with Gasteiger partial charge in [-0.25, -0.2) is 4.79 Å². The summed E-state index contributed by atoms with van der Waals surface area (Å²) in [6, 6.07) is 6.17. The van der Waals surface area contributed by atoms with Gasteiger partial charge in [-0.1, -0.05) is 12.1 Å². The first-order valence-electron chi connectivity index (χ1n) is 7.71. The molecule has 1 spiro atoms. The molecule has 2 saturated heterocycles. The fraction of sp³-hybridized carbons (Fsp3) is 0.375. The van der Waals surface area contributed by atoms with Crippen molar-refractivity contribution in [2.75, 3.05) is 24.6 Å². The van der Waals surface area contributed by atoms with E-state index in [1.54, 1.807) is 36.0 Å². The van der Waals surface area contributed by atoms with Crippen molar-refractivity contribution in [1.82, 2.24) is 15.1 Å². The second kappa shape index (κ2) is 5.34. The van der Waals surface area contributed by atoms with Crippen LogP contribution in [0.25, 0.3) is 0 Å².